The van der Waals surface area contributed by atoms with Crippen molar-refractivity contribution in [1.82, 2.24) is 14.1 Å². The molecule has 0 aliphatic carbocycles. The number of rotatable bonds is 3. The lowest BCUT2D eigenvalue weighted by Gasteiger charge is -2.13. The minimum absolute atomic E-state index is 0.963. The largest absolute Gasteiger partial charge is 0.307 e. The van der Waals surface area contributed by atoms with Crippen LogP contribution in [0.1, 0.15) is 0 Å². The van der Waals surface area contributed by atoms with Crippen molar-refractivity contribution in [3.8, 4) is 22.6 Å². The van der Waals surface area contributed by atoms with Crippen molar-refractivity contribution in [3.63, 3.8) is 0 Å². The van der Waals surface area contributed by atoms with E-state index in [0.717, 1.165) is 22.6 Å². The van der Waals surface area contributed by atoms with Crippen molar-refractivity contribution in [2.75, 3.05) is 0 Å². The monoisotopic (exact) mass is 485 g/mol. The van der Waals surface area contributed by atoms with Gasteiger partial charge in [-0.1, -0.05) is 97.1 Å². The first-order valence-electron chi connectivity index (χ1n) is 12.9. The fourth-order valence-electron chi connectivity index (χ4n) is 5.94. The standard InChI is InChI=1S/C35H23N3/c1-3-11-24(12-4-1)31-23-26(21-22-36-31)38-33-18-10-8-16-28(33)30-20-19-29-27-15-7-9-17-32(27)37(34(29)35(30)38)25-13-5-2-6-14-25/h1-23H. The highest BCUT2D eigenvalue weighted by molar-refractivity contribution is 6.23. The minimum Gasteiger partial charge on any atom is -0.307 e. The van der Waals surface area contributed by atoms with E-state index in [0.29, 0.717) is 0 Å². The number of benzene rings is 5. The van der Waals surface area contributed by atoms with Crippen LogP contribution >= 0.6 is 0 Å². The highest BCUT2D eigenvalue weighted by Gasteiger charge is 2.21. The number of para-hydroxylation sites is 3. The summed E-state index contributed by atoms with van der Waals surface area (Å²) in [6.45, 7) is 0. The zero-order chi connectivity index (χ0) is 25.1. The third-order valence-electron chi connectivity index (χ3n) is 7.55. The molecule has 8 aromatic rings. The molecule has 3 nitrogen and oxygen atoms in total. The SMILES string of the molecule is c1ccc(-c2cc(-n3c4ccccc4c4ccc5c6ccccc6n(-c6ccccc6)c5c43)ccn2)cc1. The molecule has 0 aliphatic heterocycles. The molecule has 3 heteroatoms. The van der Waals surface area contributed by atoms with Crippen molar-refractivity contribution in [2.45, 2.75) is 0 Å². The first-order valence-corrected chi connectivity index (χ1v) is 12.9. The highest BCUT2D eigenvalue weighted by atomic mass is 15.0. The van der Waals surface area contributed by atoms with Crippen molar-refractivity contribution >= 4 is 43.6 Å². The first kappa shape index (κ1) is 21.0. The molecule has 3 heterocycles. The summed E-state index contributed by atoms with van der Waals surface area (Å²) in [4.78, 5) is 4.72. The Balaban J connectivity index is 1.57. The van der Waals surface area contributed by atoms with Gasteiger partial charge in [-0.25, -0.2) is 0 Å². The van der Waals surface area contributed by atoms with Gasteiger partial charge in [0, 0.05) is 44.7 Å². The second kappa shape index (κ2) is 8.19. The molecule has 5 aromatic carbocycles. The van der Waals surface area contributed by atoms with E-state index in [1.807, 2.05) is 12.3 Å². The zero-order valence-electron chi connectivity index (χ0n) is 20.6. The lowest BCUT2D eigenvalue weighted by atomic mass is 10.1. The van der Waals surface area contributed by atoms with Crippen LogP contribution in [-0.2, 0) is 0 Å². The maximum atomic E-state index is 4.72. The Bertz CT molecular complexity index is 2120. The number of hydrogen-bond donors (Lipinski definition) is 0. The molecular weight excluding hydrogens is 462 g/mol. The van der Waals surface area contributed by atoms with Crippen LogP contribution in [0, 0.1) is 0 Å². The summed E-state index contributed by atoms with van der Waals surface area (Å²) in [5, 5.41) is 4.99. The molecule has 0 aliphatic rings. The molecule has 0 saturated heterocycles. The van der Waals surface area contributed by atoms with Crippen LogP contribution in [0.3, 0.4) is 0 Å². The van der Waals surface area contributed by atoms with Crippen molar-refractivity contribution in [2.24, 2.45) is 0 Å². The average molecular weight is 486 g/mol. The quantitative estimate of drug-likeness (QED) is 0.245. The highest BCUT2D eigenvalue weighted by Crippen LogP contribution is 2.41. The number of nitrogens with zero attached hydrogens (tertiary/aromatic N) is 3. The Morgan fingerprint density at radius 1 is 0.421 bits per heavy atom. The van der Waals surface area contributed by atoms with Gasteiger partial charge in [-0.15, -0.1) is 0 Å². The minimum atomic E-state index is 0.963. The zero-order valence-corrected chi connectivity index (χ0v) is 20.6. The molecule has 38 heavy (non-hydrogen) atoms. The Kier molecular flexibility index (Phi) is 4.52. The van der Waals surface area contributed by atoms with Gasteiger partial charge in [-0.05, 0) is 36.4 Å². The Labute approximate surface area is 219 Å². The molecule has 0 saturated carbocycles. The average Bonchev–Trinajstić information content (AvgIpc) is 3.51. The topological polar surface area (TPSA) is 22.8 Å². The molecule has 0 radical (unpaired) electrons. The van der Waals surface area contributed by atoms with Gasteiger partial charge in [-0.3, -0.25) is 4.98 Å². The van der Waals surface area contributed by atoms with Gasteiger partial charge in [0.05, 0.1) is 27.8 Å². The van der Waals surface area contributed by atoms with E-state index in [9.17, 15) is 0 Å². The molecule has 0 unspecified atom stereocenters. The molecule has 0 spiro atoms. The molecular formula is C35H23N3. The van der Waals surface area contributed by atoms with Gasteiger partial charge < -0.3 is 9.13 Å². The molecule has 8 rings (SSSR count). The maximum absolute atomic E-state index is 4.72. The lowest BCUT2D eigenvalue weighted by Crippen LogP contribution is -1.99. The van der Waals surface area contributed by atoms with Crippen LogP contribution in [0.2, 0.25) is 0 Å². The third-order valence-corrected chi connectivity index (χ3v) is 7.55. The molecule has 178 valence electrons. The molecule has 0 amide bonds. The van der Waals surface area contributed by atoms with Crippen molar-refractivity contribution in [3.05, 3.63) is 140 Å². The van der Waals surface area contributed by atoms with E-state index in [4.69, 9.17) is 4.98 Å². The molecule has 3 aromatic heterocycles. The summed E-state index contributed by atoms with van der Waals surface area (Å²) in [7, 11) is 0. The number of hydrogen-bond acceptors (Lipinski definition) is 1. The Hall–Kier alpha value is -5.15. The second-order valence-corrected chi connectivity index (χ2v) is 9.66. The molecule has 0 fully saturated rings. The lowest BCUT2D eigenvalue weighted by molar-refractivity contribution is 1.14. The summed E-state index contributed by atoms with van der Waals surface area (Å²) in [6, 6.07) is 47.4. The van der Waals surface area contributed by atoms with E-state index in [1.54, 1.807) is 0 Å². The van der Waals surface area contributed by atoms with E-state index in [2.05, 4.69) is 137 Å². The second-order valence-electron chi connectivity index (χ2n) is 9.66. The van der Waals surface area contributed by atoms with Crippen LogP contribution < -0.4 is 0 Å². The Morgan fingerprint density at radius 2 is 0.947 bits per heavy atom. The van der Waals surface area contributed by atoms with Crippen LogP contribution in [0.25, 0.3) is 66.2 Å². The van der Waals surface area contributed by atoms with E-state index >= 15 is 0 Å². The summed E-state index contributed by atoms with van der Waals surface area (Å²) in [6.07, 6.45) is 1.92. The van der Waals surface area contributed by atoms with Gasteiger partial charge in [0.25, 0.3) is 0 Å². The summed E-state index contributed by atoms with van der Waals surface area (Å²) >= 11 is 0. The van der Waals surface area contributed by atoms with E-state index in [1.165, 1.54) is 43.6 Å². The smallest absolute Gasteiger partial charge is 0.0788 e. The van der Waals surface area contributed by atoms with Crippen LogP contribution in [-0.4, -0.2) is 14.1 Å². The summed E-state index contributed by atoms with van der Waals surface area (Å²) < 4.78 is 4.83. The van der Waals surface area contributed by atoms with E-state index in [-0.39, 0.29) is 0 Å². The first-order chi connectivity index (χ1) is 18.9. The Morgan fingerprint density at radius 3 is 1.58 bits per heavy atom. The molecule has 0 bridgehead atoms. The summed E-state index contributed by atoms with van der Waals surface area (Å²) in [5.41, 5.74) is 9.13. The van der Waals surface area contributed by atoms with Crippen LogP contribution in [0.4, 0.5) is 0 Å². The van der Waals surface area contributed by atoms with Gasteiger partial charge in [0.1, 0.15) is 0 Å². The summed E-state index contributed by atoms with van der Waals surface area (Å²) in [5.74, 6) is 0. The number of aromatic nitrogens is 3. The fraction of sp³-hybridized carbons (Fsp3) is 0. The number of pyridine rings is 1. The van der Waals surface area contributed by atoms with Crippen LogP contribution in [0.15, 0.2) is 140 Å². The predicted octanol–water partition coefficient (Wildman–Crippen LogP) is 8.94. The predicted molar refractivity (Wildman–Crippen MR) is 158 cm³/mol. The van der Waals surface area contributed by atoms with E-state index < -0.39 is 0 Å². The van der Waals surface area contributed by atoms with Crippen LogP contribution in [0.5, 0.6) is 0 Å². The molecule has 0 atom stereocenters. The normalized spacial score (nSPS) is 11.7. The maximum Gasteiger partial charge on any atom is 0.0788 e. The van der Waals surface area contributed by atoms with Crippen molar-refractivity contribution in [1.29, 1.82) is 0 Å². The van der Waals surface area contributed by atoms with Gasteiger partial charge in [0.15, 0.2) is 0 Å². The molecule has 0 N–H and O–H groups in total. The number of fused-ring (bicyclic) bond motifs is 7. The van der Waals surface area contributed by atoms with Gasteiger partial charge in [0.2, 0.25) is 0 Å². The fourth-order valence-corrected chi connectivity index (χ4v) is 5.94. The van der Waals surface area contributed by atoms with Gasteiger partial charge >= 0.3 is 0 Å². The van der Waals surface area contributed by atoms with Crippen molar-refractivity contribution < 1.29 is 0 Å². The van der Waals surface area contributed by atoms with Gasteiger partial charge in [-0.2, -0.15) is 0 Å². The third kappa shape index (κ3) is 2.99.